The van der Waals surface area contributed by atoms with Crippen molar-refractivity contribution in [3.05, 3.63) is 73.7 Å². The first-order chi connectivity index (χ1) is 13.5. The van der Waals surface area contributed by atoms with Gasteiger partial charge in [0.25, 0.3) is 11.5 Å². The number of tetrazole rings is 1. The molecule has 2 heterocycles. The van der Waals surface area contributed by atoms with E-state index in [4.69, 9.17) is 29.6 Å². The number of nitrogens with two attached hydrogens (primary N) is 1. The summed E-state index contributed by atoms with van der Waals surface area (Å²) in [5.74, 6) is -0.575. The van der Waals surface area contributed by atoms with Gasteiger partial charge in [-0.05, 0) is 53.3 Å². The van der Waals surface area contributed by atoms with Crippen LogP contribution < -0.4 is 11.3 Å². The maximum Gasteiger partial charge on any atom is 0.279 e. The molecule has 3 N–H and O–H groups in total. The number of carbonyl (C=O) groups is 1. The molecule has 0 aliphatic carbocycles. The zero-order chi connectivity index (χ0) is 19.8. The van der Waals surface area contributed by atoms with Crippen LogP contribution in [0, 0.1) is 4.77 Å². The van der Waals surface area contributed by atoms with Crippen LogP contribution in [0.3, 0.4) is 0 Å². The highest BCUT2D eigenvalue weighted by molar-refractivity contribution is 7.71. The number of benzene rings is 2. The lowest BCUT2D eigenvalue weighted by Gasteiger charge is -2.15. The van der Waals surface area contributed by atoms with Gasteiger partial charge in [-0.1, -0.05) is 28.8 Å². The smallest absolute Gasteiger partial charge is 0.279 e. The van der Waals surface area contributed by atoms with E-state index >= 15 is 0 Å². The molecule has 2 aromatic carbocycles. The van der Waals surface area contributed by atoms with Crippen LogP contribution in [0.25, 0.3) is 16.9 Å². The molecule has 11 heteroatoms. The van der Waals surface area contributed by atoms with Gasteiger partial charge in [0.2, 0.25) is 5.91 Å². The molecule has 0 saturated heterocycles. The molecule has 4 rings (SSSR count). The Balaban J connectivity index is 2.05. The van der Waals surface area contributed by atoms with E-state index in [1.165, 1.54) is 16.7 Å². The van der Waals surface area contributed by atoms with Gasteiger partial charge >= 0.3 is 0 Å². The average Bonchev–Trinajstić information content (AvgIpc) is 3.20. The van der Waals surface area contributed by atoms with Crippen LogP contribution >= 0.6 is 23.8 Å². The molecule has 0 radical (unpaired) electrons. The summed E-state index contributed by atoms with van der Waals surface area (Å²) in [5, 5.41) is 14.5. The Morgan fingerprint density at radius 2 is 1.96 bits per heavy atom. The van der Waals surface area contributed by atoms with Gasteiger partial charge in [0.05, 0.1) is 17.4 Å². The van der Waals surface area contributed by atoms with Crippen LogP contribution in [0.4, 0.5) is 0 Å². The highest BCUT2D eigenvalue weighted by Crippen LogP contribution is 2.18. The van der Waals surface area contributed by atoms with Gasteiger partial charge in [-0.2, -0.15) is 5.21 Å². The lowest BCUT2D eigenvalue weighted by atomic mass is 10.1. The Bertz CT molecular complexity index is 1310. The molecule has 1 amide bonds. The standard InChI is InChI=1S/C17H12ClN7O2S/c18-11-4-1-9(2-5-11)8-24-13-7-10(14(19)26)3-6-12(13)15(27)25(17(24)28)16-20-22-23-21-16/h1-7H,8H2,(H2,19,26)(H,20,21,22,23). The number of hydrogen-bond donors (Lipinski definition) is 2. The predicted molar refractivity (Wildman–Crippen MR) is 105 cm³/mol. The minimum Gasteiger partial charge on any atom is -0.366 e. The number of nitrogens with zero attached hydrogens (tertiary/aromatic N) is 5. The van der Waals surface area contributed by atoms with Crippen molar-refractivity contribution in [2.75, 3.05) is 0 Å². The quantitative estimate of drug-likeness (QED) is 0.492. The number of halogens is 1. The summed E-state index contributed by atoms with van der Waals surface area (Å²) in [6.45, 7) is 0.326. The maximum atomic E-state index is 13.0. The van der Waals surface area contributed by atoms with Gasteiger partial charge in [0.15, 0.2) is 4.77 Å². The summed E-state index contributed by atoms with van der Waals surface area (Å²) < 4.78 is 3.04. The Kier molecular flexibility index (Phi) is 4.49. The molecular weight excluding hydrogens is 402 g/mol. The lowest BCUT2D eigenvalue weighted by molar-refractivity contribution is 0.100. The van der Waals surface area contributed by atoms with Crippen LogP contribution in [-0.4, -0.2) is 35.7 Å². The van der Waals surface area contributed by atoms with Gasteiger partial charge < -0.3 is 10.3 Å². The number of hydrogen-bond acceptors (Lipinski definition) is 6. The summed E-state index contributed by atoms with van der Waals surface area (Å²) in [6, 6.07) is 11.8. The molecule has 4 aromatic rings. The number of fused-ring (bicyclic) bond motifs is 1. The molecule has 0 atom stereocenters. The van der Waals surface area contributed by atoms with Crippen LogP contribution in [0.15, 0.2) is 47.3 Å². The lowest BCUT2D eigenvalue weighted by Crippen LogP contribution is -2.26. The van der Waals surface area contributed by atoms with E-state index in [0.29, 0.717) is 22.5 Å². The monoisotopic (exact) mass is 413 g/mol. The van der Waals surface area contributed by atoms with Crippen molar-refractivity contribution in [2.24, 2.45) is 5.73 Å². The fourth-order valence-electron chi connectivity index (χ4n) is 2.87. The third kappa shape index (κ3) is 3.08. The molecular formula is C17H12ClN7O2S. The third-order valence-corrected chi connectivity index (χ3v) is 4.87. The zero-order valence-corrected chi connectivity index (χ0v) is 15.7. The van der Waals surface area contributed by atoms with E-state index in [1.807, 2.05) is 12.1 Å². The molecule has 0 unspecified atom stereocenters. The fraction of sp³-hybridized carbons (Fsp3) is 0.0588. The number of H-pyrrole nitrogens is 1. The Morgan fingerprint density at radius 3 is 2.61 bits per heavy atom. The van der Waals surface area contributed by atoms with Gasteiger partial charge in [-0.25, -0.2) is 4.57 Å². The maximum absolute atomic E-state index is 13.0. The minimum absolute atomic E-state index is 0.0285. The van der Waals surface area contributed by atoms with Crippen molar-refractivity contribution in [3.8, 4) is 5.95 Å². The Morgan fingerprint density at radius 1 is 1.21 bits per heavy atom. The number of nitrogens with one attached hydrogen (secondary N) is 1. The topological polar surface area (TPSA) is 124 Å². The summed E-state index contributed by atoms with van der Waals surface area (Å²) in [6.07, 6.45) is 0. The van der Waals surface area contributed by atoms with Crippen molar-refractivity contribution >= 4 is 40.6 Å². The largest absolute Gasteiger partial charge is 0.366 e. The minimum atomic E-state index is -0.604. The summed E-state index contributed by atoms with van der Waals surface area (Å²) in [5.41, 5.74) is 6.61. The van der Waals surface area contributed by atoms with Crippen LogP contribution in [0.5, 0.6) is 0 Å². The highest BCUT2D eigenvalue weighted by atomic mass is 35.5. The van der Waals surface area contributed by atoms with E-state index in [2.05, 4.69) is 20.6 Å². The molecule has 28 heavy (non-hydrogen) atoms. The number of aromatic amines is 1. The van der Waals surface area contributed by atoms with Crippen molar-refractivity contribution in [1.82, 2.24) is 29.8 Å². The van der Waals surface area contributed by atoms with Crippen molar-refractivity contribution in [3.63, 3.8) is 0 Å². The van der Waals surface area contributed by atoms with Gasteiger partial charge in [0.1, 0.15) is 0 Å². The van der Waals surface area contributed by atoms with Crippen LogP contribution in [-0.2, 0) is 6.54 Å². The number of amides is 1. The molecule has 0 fully saturated rings. The summed E-state index contributed by atoms with van der Waals surface area (Å²) in [4.78, 5) is 24.6. The van der Waals surface area contributed by atoms with Crippen molar-refractivity contribution in [2.45, 2.75) is 6.54 Å². The third-order valence-electron chi connectivity index (χ3n) is 4.22. The first-order valence-electron chi connectivity index (χ1n) is 8.03. The molecule has 0 bridgehead atoms. The van der Waals surface area contributed by atoms with E-state index < -0.39 is 11.5 Å². The van der Waals surface area contributed by atoms with Crippen LogP contribution in [0.1, 0.15) is 15.9 Å². The van der Waals surface area contributed by atoms with Gasteiger partial charge in [0, 0.05) is 10.6 Å². The second-order valence-electron chi connectivity index (χ2n) is 5.94. The van der Waals surface area contributed by atoms with Crippen LogP contribution in [0.2, 0.25) is 5.02 Å². The summed E-state index contributed by atoms with van der Waals surface area (Å²) in [7, 11) is 0. The highest BCUT2D eigenvalue weighted by Gasteiger charge is 2.16. The SMILES string of the molecule is NC(=O)c1ccc2c(=O)n(-c3nn[nH]n3)c(=S)n(Cc3ccc(Cl)cc3)c2c1. The Labute approximate surface area is 167 Å². The normalized spacial score (nSPS) is 11.0. The van der Waals surface area contributed by atoms with E-state index in [1.54, 1.807) is 22.8 Å². The zero-order valence-electron chi connectivity index (χ0n) is 14.2. The van der Waals surface area contributed by atoms with E-state index in [9.17, 15) is 9.59 Å². The van der Waals surface area contributed by atoms with Crippen molar-refractivity contribution < 1.29 is 4.79 Å². The molecule has 0 spiro atoms. The number of rotatable bonds is 4. The average molecular weight is 414 g/mol. The number of aromatic nitrogens is 6. The predicted octanol–water partition coefficient (Wildman–Crippen LogP) is 1.84. The summed E-state index contributed by atoms with van der Waals surface area (Å²) >= 11 is 11.5. The number of carbonyl (C=O) groups excluding carboxylic acids is 1. The molecule has 0 saturated carbocycles. The molecule has 0 aliphatic heterocycles. The number of primary amides is 1. The molecule has 0 aliphatic rings. The Hall–Kier alpha value is -3.37. The first-order valence-corrected chi connectivity index (χ1v) is 8.82. The first kappa shape index (κ1) is 18.0. The second-order valence-corrected chi connectivity index (χ2v) is 6.75. The fourth-order valence-corrected chi connectivity index (χ4v) is 3.33. The molecule has 2 aromatic heterocycles. The second kappa shape index (κ2) is 6.98. The molecule has 140 valence electrons. The van der Waals surface area contributed by atoms with Gasteiger partial charge in [-0.3, -0.25) is 9.59 Å². The van der Waals surface area contributed by atoms with Crippen molar-refractivity contribution in [1.29, 1.82) is 0 Å². The van der Waals surface area contributed by atoms with E-state index in [-0.39, 0.29) is 16.3 Å². The van der Waals surface area contributed by atoms with Gasteiger partial charge in [-0.15, -0.1) is 5.10 Å². The molecule has 9 nitrogen and oxygen atoms in total. The van der Waals surface area contributed by atoms with E-state index in [0.717, 1.165) is 5.56 Å².